The summed E-state index contributed by atoms with van der Waals surface area (Å²) in [7, 11) is 0. The molecule has 1 unspecified atom stereocenters. The molecule has 134 valence electrons. The van der Waals surface area contributed by atoms with Gasteiger partial charge in [0.05, 0.1) is 25.7 Å². The summed E-state index contributed by atoms with van der Waals surface area (Å²) < 4.78 is 5.49. The number of nitrogens with one attached hydrogen (secondary N) is 1. The lowest BCUT2D eigenvalue weighted by Gasteiger charge is -2.35. The zero-order chi connectivity index (χ0) is 17.5. The second-order valence-corrected chi connectivity index (χ2v) is 7.35. The first-order valence-electron chi connectivity index (χ1n) is 8.96. The smallest absolute Gasteiger partial charge is 0.225 e. The molecule has 0 aliphatic carbocycles. The molecule has 1 aliphatic heterocycles. The lowest BCUT2D eigenvalue weighted by Crippen LogP contribution is -2.44. The van der Waals surface area contributed by atoms with Crippen LogP contribution in [0.4, 0.5) is 0 Å². The van der Waals surface area contributed by atoms with E-state index in [4.69, 9.17) is 4.74 Å². The molecule has 1 N–H and O–H groups in total. The number of carbonyl (C=O) groups excluding carboxylic acids is 1. The van der Waals surface area contributed by atoms with E-state index >= 15 is 0 Å². The number of nitrogens with zero attached hydrogens (tertiary/aromatic N) is 1. The van der Waals surface area contributed by atoms with Gasteiger partial charge in [-0.05, 0) is 29.0 Å². The van der Waals surface area contributed by atoms with Crippen molar-refractivity contribution in [2.45, 2.75) is 25.8 Å². The highest BCUT2D eigenvalue weighted by Gasteiger charge is 2.23. The quantitative estimate of drug-likeness (QED) is 0.827. The minimum Gasteiger partial charge on any atom is -0.379 e. The normalized spacial score (nSPS) is 16.5. The Morgan fingerprint density at radius 1 is 1.24 bits per heavy atom. The van der Waals surface area contributed by atoms with E-state index in [-0.39, 0.29) is 11.9 Å². The topological polar surface area (TPSA) is 41.6 Å². The molecule has 0 radical (unpaired) electrons. The Morgan fingerprint density at radius 3 is 2.64 bits per heavy atom. The van der Waals surface area contributed by atoms with Crippen molar-refractivity contribution in [3.8, 4) is 0 Å². The first kappa shape index (κ1) is 18.1. The number of benzene rings is 1. The predicted octanol–water partition coefficient (Wildman–Crippen LogP) is 3.04. The average Bonchev–Trinajstić information content (AvgIpc) is 3.16. The standard InChI is InChI=1S/C20H26N2O2S/c1-2-16-5-7-17(8-6-16)19(22-9-11-24-12-10-22)15-21-20(23)14-18-4-3-13-25-18/h3-8,13,19H,2,9-12,14-15H2,1H3,(H,21,23). The maximum absolute atomic E-state index is 12.3. The van der Waals surface area contributed by atoms with Gasteiger partial charge in [-0.25, -0.2) is 0 Å². The molecular weight excluding hydrogens is 332 g/mol. The van der Waals surface area contributed by atoms with E-state index in [0.717, 1.165) is 37.6 Å². The molecule has 0 saturated carbocycles. The number of aryl methyl sites for hydroxylation is 1. The number of morpholine rings is 1. The highest BCUT2D eigenvalue weighted by molar-refractivity contribution is 7.10. The monoisotopic (exact) mass is 358 g/mol. The third-order valence-corrected chi connectivity index (χ3v) is 5.54. The Kier molecular flexibility index (Phi) is 6.62. The molecule has 4 nitrogen and oxygen atoms in total. The zero-order valence-corrected chi connectivity index (χ0v) is 15.6. The summed E-state index contributed by atoms with van der Waals surface area (Å²) in [6.07, 6.45) is 1.50. The fraction of sp³-hybridized carbons (Fsp3) is 0.450. The van der Waals surface area contributed by atoms with Gasteiger partial charge in [-0.15, -0.1) is 11.3 Å². The molecule has 0 bridgehead atoms. The van der Waals surface area contributed by atoms with Crippen LogP contribution in [-0.4, -0.2) is 43.7 Å². The SMILES string of the molecule is CCc1ccc(C(CNC(=O)Cc2cccs2)N2CCOCC2)cc1. The van der Waals surface area contributed by atoms with Crippen LogP contribution in [0.1, 0.15) is 29.0 Å². The molecule has 1 aromatic carbocycles. The summed E-state index contributed by atoms with van der Waals surface area (Å²) in [5, 5.41) is 5.14. The maximum atomic E-state index is 12.3. The van der Waals surface area contributed by atoms with Crippen molar-refractivity contribution >= 4 is 17.2 Å². The van der Waals surface area contributed by atoms with Crippen LogP contribution >= 0.6 is 11.3 Å². The van der Waals surface area contributed by atoms with E-state index in [9.17, 15) is 4.79 Å². The second kappa shape index (κ2) is 9.13. The number of hydrogen-bond acceptors (Lipinski definition) is 4. The third-order valence-electron chi connectivity index (χ3n) is 4.67. The van der Waals surface area contributed by atoms with Gasteiger partial charge in [0.15, 0.2) is 0 Å². The van der Waals surface area contributed by atoms with E-state index in [1.807, 2.05) is 17.5 Å². The van der Waals surface area contributed by atoms with Crippen LogP contribution in [0.25, 0.3) is 0 Å². The Hall–Kier alpha value is -1.69. The van der Waals surface area contributed by atoms with Crippen LogP contribution < -0.4 is 5.32 Å². The van der Waals surface area contributed by atoms with Crippen molar-refractivity contribution < 1.29 is 9.53 Å². The number of rotatable bonds is 7. The van der Waals surface area contributed by atoms with Crippen LogP contribution in [0.15, 0.2) is 41.8 Å². The molecule has 1 saturated heterocycles. The molecular formula is C20H26N2O2S. The van der Waals surface area contributed by atoms with Crippen molar-refractivity contribution in [3.05, 3.63) is 57.8 Å². The van der Waals surface area contributed by atoms with Gasteiger partial charge in [-0.3, -0.25) is 9.69 Å². The molecule has 1 fully saturated rings. The number of hydrogen-bond donors (Lipinski definition) is 1. The Labute approximate surface area is 153 Å². The maximum Gasteiger partial charge on any atom is 0.225 e. The number of amides is 1. The van der Waals surface area contributed by atoms with Crippen molar-refractivity contribution in [2.75, 3.05) is 32.8 Å². The van der Waals surface area contributed by atoms with Crippen molar-refractivity contribution in [3.63, 3.8) is 0 Å². The van der Waals surface area contributed by atoms with Crippen LogP contribution in [-0.2, 0) is 22.4 Å². The summed E-state index contributed by atoms with van der Waals surface area (Å²) >= 11 is 1.63. The molecule has 1 aromatic heterocycles. The van der Waals surface area contributed by atoms with E-state index in [1.54, 1.807) is 11.3 Å². The highest BCUT2D eigenvalue weighted by Crippen LogP contribution is 2.22. The van der Waals surface area contributed by atoms with Gasteiger partial charge < -0.3 is 10.1 Å². The molecule has 5 heteroatoms. The first-order chi connectivity index (χ1) is 12.3. The minimum atomic E-state index is 0.0888. The Bertz CT molecular complexity index is 649. The van der Waals surface area contributed by atoms with E-state index in [1.165, 1.54) is 11.1 Å². The molecule has 1 aliphatic rings. The molecule has 1 atom stereocenters. The average molecular weight is 359 g/mol. The summed E-state index contributed by atoms with van der Waals surface area (Å²) in [5.41, 5.74) is 2.60. The summed E-state index contributed by atoms with van der Waals surface area (Å²) in [4.78, 5) is 15.8. The first-order valence-corrected chi connectivity index (χ1v) is 9.84. The third kappa shape index (κ3) is 5.14. The fourth-order valence-electron chi connectivity index (χ4n) is 3.17. The molecule has 1 amide bonds. The van der Waals surface area contributed by atoms with Gasteiger partial charge in [0.2, 0.25) is 5.91 Å². The lowest BCUT2D eigenvalue weighted by molar-refractivity contribution is -0.120. The second-order valence-electron chi connectivity index (χ2n) is 6.32. The van der Waals surface area contributed by atoms with Gasteiger partial charge in [-0.1, -0.05) is 37.3 Å². The van der Waals surface area contributed by atoms with Crippen LogP contribution in [0.3, 0.4) is 0 Å². The van der Waals surface area contributed by atoms with Gasteiger partial charge in [0, 0.05) is 24.5 Å². The number of ether oxygens (including phenoxy) is 1. The zero-order valence-electron chi connectivity index (χ0n) is 14.7. The van der Waals surface area contributed by atoms with Crippen LogP contribution in [0.5, 0.6) is 0 Å². The van der Waals surface area contributed by atoms with E-state index < -0.39 is 0 Å². The van der Waals surface area contributed by atoms with Gasteiger partial charge in [-0.2, -0.15) is 0 Å². The molecule has 25 heavy (non-hydrogen) atoms. The van der Waals surface area contributed by atoms with Crippen LogP contribution in [0.2, 0.25) is 0 Å². The van der Waals surface area contributed by atoms with Crippen LogP contribution in [0, 0.1) is 0 Å². The summed E-state index contributed by atoms with van der Waals surface area (Å²) in [6.45, 7) is 6.12. The number of thiophene rings is 1. The molecule has 3 rings (SSSR count). The van der Waals surface area contributed by atoms with E-state index in [0.29, 0.717) is 13.0 Å². The Morgan fingerprint density at radius 2 is 2.00 bits per heavy atom. The predicted molar refractivity (Wildman–Crippen MR) is 102 cm³/mol. The molecule has 0 spiro atoms. The van der Waals surface area contributed by atoms with Crippen molar-refractivity contribution in [1.29, 1.82) is 0 Å². The molecule has 2 heterocycles. The Balaban J connectivity index is 1.65. The molecule has 2 aromatic rings. The minimum absolute atomic E-state index is 0.0888. The van der Waals surface area contributed by atoms with Gasteiger partial charge >= 0.3 is 0 Å². The van der Waals surface area contributed by atoms with E-state index in [2.05, 4.69) is 41.4 Å². The summed E-state index contributed by atoms with van der Waals surface area (Å²) in [6, 6.07) is 13.0. The van der Waals surface area contributed by atoms with Crippen molar-refractivity contribution in [1.82, 2.24) is 10.2 Å². The number of carbonyl (C=O) groups is 1. The highest BCUT2D eigenvalue weighted by atomic mass is 32.1. The van der Waals surface area contributed by atoms with Crippen molar-refractivity contribution in [2.24, 2.45) is 0 Å². The summed E-state index contributed by atoms with van der Waals surface area (Å²) in [5.74, 6) is 0.0888. The fourth-order valence-corrected chi connectivity index (χ4v) is 3.87. The lowest BCUT2D eigenvalue weighted by atomic mass is 10.0. The largest absolute Gasteiger partial charge is 0.379 e. The van der Waals surface area contributed by atoms with Gasteiger partial charge in [0.25, 0.3) is 0 Å². The van der Waals surface area contributed by atoms with Gasteiger partial charge in [0.1, 0.15) is 0 Å².